The summed E-state index contributed by atoms with van der Waals surface area (Å²) in [5.41, 5.74) is 1.40. The maximum atomic E-state index is 5.12. The van der Waals surface area contributed by atoms with Gasteiger partial charge >= 0.3 is 0 Å². The molecule has 3 nitrogen and oxygen atoms in total. The van der Waals surface area contributed by atoms with Gasteiger partial charge in [0.2, 0.25) is 0 Å². The van der Waals surface area contributed by atoms with Crippen LogP contribution in [0.25, 0.3) is 0 Å². The van der Waals surface area contributed by atoms with Crippen molar-refractivity contribution in [1.29, 1.82) is 0 Å². The van der Waals surface area contributed by atoms with Crippen molar-refractivity contribution in [2.45, 2.75) is 18.3 Å². The minimum Gasteiger partial charge on any atom is -0.307 e. The van der Waals surface area contributed by atoms with E-state index in [0.717, 1.165) is 5.82 Å². The van der Waals surface area contributed by atoms with E-state index < -0.39 is 0 Å². The first-order valence-corrected chi connectivity index (χ1v) is 5.84. The topological polar surface area (TPSA) is 33.6 Å². The molecule has 0 amide bonds. The molecular weight excluding hydrogens is 218 g/mol. The highest BCUT2D eigenvalue weighted by Crippen LogP contribution is 2.53. The molecule has 1 fully saturated rings. The van der Waals surface area contributed by atoms with E-state index in [1.165, 1.54) is 12.0 Å². The van der Waals surface area contributed by atoms with Crippen LogP contribution < -0.4 is 0 Å². The second-order valence-electron chi connectivity index (χ2n) is 4.31. The fraction of sp³-hybridized carbons (Fsp3) is 0.333. The van der Waals surface area contributed by atoms with E-state index in [0.29, 0.717) is 16.6 Å². The van der Waals surface area contributed by atoms with Crippen LogP contribution in [-0.4, -0.2) is 14.8 Å². The lowest BCUT2D eigenvalue weighted by atomic mass is 10.1. The van der Waals surface area contributed by atoms with E-state index in [4.69, 9.17) is 12.2 Å². The third-order valence-electron chi connectivity index (χ3n) is 3.26. The first kappa shape index (κ1) is 9.78. The van der Waals surface area contributed by atoms with Gasteiger partial charge in [0, 0.05) is 13.0 Å². The second-order valence-corrected chi connectivity index (χ2v) is 4.69. The molecule has 1 saturated carbocycles. The van der Waals surface area contributed by atoms with Crippen LogP contribution in [0, 0.1) is 4.77 Å². The Kier molecular flexibility index (Phi) is 2.17. The summed E-state index contributed by atoms with van der Waals surface area (Å²) >= 11 is 5.12. The predicted molar refractivity (Wildman–Crippen MR) is 64.9 cm³/mol. The Hall–Kier alpha value is -1.42. The summed E-state index contributed by atoms with van der Waals surface area (Å²) in [5.74, 6) is 2.23. The lowest BCUT2D eigenvalue weighted by Gasteiger charge is -2.00. The van der Waals surface area contributed by atoms with Crippen molar-refractivity contribution in [2.24, 2.45) is 7.05 Å². The van der Waals surface area contributed by atoms with Gasteiger partial charge in [-0.15, -0.1) is 0 Å². The molecule has 82 valence electrons. The third-order valence-corrected chi connectivity index (χ3v) is 3.63. The number of aromatic amines is 1. The molecule has 0 saturated heterocycles. The first-order chi connectivity index (χ1) is 7.77. The Morgan fingerprint density at radius 3 is 2.69 bits per heavy atom. The van der Waals surface area contributed by atoms with E-state index in [1.807, 2.05) is 11.6 Å². The number of hydrogen-bond acceptors (Lipinski definition) is 2. The molecular formula is C12H13N3S. The average molecular weight is 231 g/mol. The summed E-state index contributed by atoms with van der Waals surface area (Å²) in [4.78, 5) is 0. The second kappa shape index (κ2) is 3.56. The van der Waals surface area contributed by atoms with Gasteiger partial charge in [0.25, 0.3) is 0 Å². The molecule has 4 heteroatoms. The third kappa shape index (κ3) is 1.50. The number of nitrogens with one attached hydrogen (secondary N) is 1. The van der Waals surface area contributed by atoms with Crippen molar-refractivity contribution >= 4 is 12.2 Å². The SMILES string of the molecule is Cn1c(C2CC2c2ccccc2)n[nH]c1=S. The van der Waals surface area contributed by atoms with Gasteiger partial charge in [-0.25, -0.2) is 0 Å². The van der Waals surface area contributed by atoms with Crippen LogP contribution in [0.1, 0.15) is 29.6 Å². The van der Waals surface area contributed by atoms with Crippen molar-refractivity contribution in [1.82, 2.24) is 14.8 Å². The van der Waals surface area contributed by atoms with Gasteiger partial charge in [0.15, 0.2) is 4.77 Å². The van der Waals surface area contributed by atoms with Gasteiger partial charge < -0.3 is 4.57 Å². The number of hydrogen-bond donors (Lipinski definition) is 1. The van der Waals surface area contributed by atoms with Gasteiger partial charge in [-0.2, -0.15) is 5.10 Å². The van der Waals surface area contributed by atoms with Gasteiger partial charge in [0.05, 0.1) is 0 Å². The van der Waals surface area contributed by atoms with Crippen LogP contribution >= 0.6 is 12.2 Å². The lowest BCUT2D eigenvalue weighted by Crippen LogP contribution is -1.96. The molecule has 2 unspecified atom stereocenters. The van der Waals surface area contributed by atoms with Crippen LogP contribution in [0.3, 0.4) is 0 Å². The molecule has 1 aromatic heterocycles. The molecule has 0 bridgehead atoms. The van der Waals surface area contributed by atoms with Crippen LogP contribution in [0.15, 0.2) is 30.3 Å². The van der Waals surface area contributed by atoms with Crippen molar-refractivity contribution in [3.63, 3.8) is 0 Å². The predicted octanol–water partition coefficient (Wildman–Crippen LogP) is 2.75. The minimum absolute atomic E-state index is 0.528. The summed E-state index contributed by atoms with van der Waals surface area (Å²) in [6.07, 6.45) is 1.18. The van der Waals surface area contributed by atoms with Crippen molar-refractivity contribution in [3.05, 3.63) is 46.5 Å². The zero-order valence-corrected chi connectivity index (χ0v) is 9.87. The highest BCUT2D eigenvalue weighted by molar-refractivity contribution is 7.71. The number of nitrogens with zero attached hydrogens (tertiary/aromatic N) is 2. The van der Waals surface area contributed by atoms with E-state index >= 15 is 0 Å². The van der Waals surface area contributed by atoms with Crippen LogP contribution in [0.2, 0.25) is 0 Å². The Bertz CT molecular complexity index is 555. The molecule has 0 aliphatic heterocycles. The minimum atomic E-state index is 0.528. The molecule has 3 rings (SSSR count). The van der Waals surface area contributed by atoms with Crippen molar-refractivity contribution in [2.75, 3.05) is 0 Å². The van der Waals surface area contributed by atoms with Crippen LogP contribution in [0.5, 0.6) is 0 Å². The van der Waals surface area contributed by atoms with E-state index in [9.17, 15) is 0 Å². The van der Waals surface area contributed by atoms with Gasteiger partial charge in [-0.1, -0.05) is 30.3 Å². The Morgan fingerprint density at radius 1 is 1.31 bits per heavy atom. The van der Waals surface area contributed by atoms with Gasteiger partial charge in [0.1, 0.15) is 5.82 Å². The fourth-order valence-corrected chi connectivity index (χ4v) is 2.38. The zero-order chi connectivity index (χ0) is 11.1. The molecule has 16 heavy (non-hydrogen) atoms. The molecule has 1 N–H and O–H groups in total. The Morgan fingerprint density at radius 2 is 2.06 bits per heavy atom. The molecule has 1 aromatic carbocycles. The molecule has 2 atom stereocenters. The maximum absolute atomic E-state index is 5.12. The summed E-state index contributed by atoms with van der Waals surface area (Å²) in [6.45, 7) is 0. The smallest absolute Gasteiger partial charge is 0.194 e. The summed E-state index contributed by atoms with van der Waals surface area (Å²) < 4.78 is 2.68. The Labute approximate surface area is 99.1 Å². The fourth-order valence-electron chi connectivity index (χ4n) is 2.24. The van der Waals surface area contributed by atoms with Crippen molar-refractivity contribution < 1.29 is 0 Å². The molecule has 0 spiro atoms. The molecule has 1 aliphatic carbocycles. The number of benzene rings is 1. The number of rotatable bonds is 2. The summed E-state index contributed by atoms with van der Waals surface area (Å²) in [6, 6.07) is 10.6. The molecule has 1 heterocycles. The van der Waals surface area contributed by atoms with Crippen LogP contribution in [0.4, 0.5) is 0 Å². The summed E-state index contributed by atoms with van der Waals surface area (Å²) in [7, 11) is 1.97. The highest BCUT2D eigenvalue weighted by atomic mass is 32.1. The van der Waals surface area contributed by atoms with Crippen LogP contribution in [-0.2, 0) is 7.05 Å². The average Bonchev–Trinajstić information content (AvgIpc) is 3.04. The van der Waals surface area contributed by atoms with E-state index in [-0.39, 0.29) is 0 Å². The largest absolute Gasteiger partial charge is 0.307 e. The zero-order valence-electron chi connectivity index (χ0n) is 9.05. The highest BCUT2D eigenvalue weighted by Gasteiger charge is 2.42. The van der Waals surface area contributed by atoms with E-state index in [1.54, 1.807) is 0 Å². The lowest BCUT2D eigenvalue weighted by molar-refractivity contribution is 0.779. The normalized spacial score (nSPS) is 23.3. The van der Waals surface area contributed by atoms with Gasteiger partial charge in [-0.05, 0) is 30.1 Å². The number of H-pyrrole nitrogens is 1. The molecule has 1 aliphatic rings. The summed E-state index contributed by atoms with van der Waals surface area (Å²) in [5, 5.41) is 7.14. The standard InChI is InChI=1S/C12H13N3S/c1-15-11(13-14-12(15)16)10-7-9(10)8-5-3-2-4-6-8/h2-6,9-10H,7H2,1H3,(H,14,16). The first-order valence-electron chi connectivity index (χ1n) is 5.43. The molecule has 0 radical (unpaired) electrons. The Balaban J connectivity index is 1.87. The molecule has 2 aromatic rings. The quantitative estimate of drug-likeness (QED) is 0.806. The number of aromatic nitrogens is 3. The monoisotopic (exact) mass is 231 g/mol. The van der Waals surface area contributed by atoms with E-state index in [2.05, 4.69) is 40.5 Å². The van der Waals surface area contributed by atoms with Crippen molar-refractivity contribution in [3.8, 4) is 0 Å². The van der Waals surface area contributed by atoms with Gasteiger partial charge in [-0.3, -0.25) is 5.10 Å². The maximum Gasteiger partial charge on any atom is 0.194 e.